The molecule has 1 aromatic heterocycles. The van der Waals surface area contributed by atoms with Crippen LogP contribution in [0.5, 0.6) is 5.75 Å². The smallest absolute Gasteiger partial charge is 0.260 e. The molecule has 0 bridgehead atoms. The molecule has 0 aliphatic carbocycles. The molecule has 6 heteroatoms. The fourth-order valence-corrected chi connectivity index (χ4v) is 3.93. The normalized spacial score (nSPS) is 11.2. The van der Waals surface area contributed by atoms with Gasteiger partial charge in [0.2, 0.25) is 0 Å². The first-order valence-corrected chi connectivity index (χ1v) is 9.84. The van der Waals surface area contributed by atoms with Gasteiger partial charge in [0.1, 0.15) is 11.3 Å². The average molecular weight is 385 g/mol. The molecule has 0 saturated heterocycles. The lowest BCUT2D eigenvalue weighted by Gasteiger charge is -2.20. The fraction of sp³-hybridized carbons (Fsp3) is 0.333. The Morgan fingerprint density at radius 1 is 1.15 bits per heavy atom. The zero-order valence-electron chi connectivity index (χ0n) is 16.5. The number of anilines is 1. The number of benzene rings is 2. The Morgan fingerprint density at radius 3 is 2.48 bits per heavy atom. The Labute approximate surface area is 164 Å². The van der Waals surface area contributed by atoms with Gasteiger partial charge < -0.3 is 9.64 Å². The van der Waals surface area contributed by atoms with E-state index in [9.17, 15) is 4.79 Å². The van der Waals surface area contributed by atoms with Crippen LogP contribution in [-0.2, 0) is 0 Å². The molecule has 1 N–H and O–H groups in total. The number of ether oxygens (including phenoxy) is 1. The lowest BCUT2D eigenvalue weighted by Crippen LogP contribution is -3.06. The van der Waals surface area contributed by atoms with Crippen molar-refractivity contribution in [3.63, 3.8) is 0 Å². The van der Waals surface area contributed by atoms with Crippen LogP contribution in [0.1, 0.15) is 21.5 Å². The van der Waals surface area contributed by atoms with Crippen LogP contribution in [0.25, 0.3) is 10.2 Å². The van der Waals surface area contributed by atoms with Gasteiger partial charge in [-0.1, -0.05) is 35.1 Å². The molecule has 0 saturated carbocycles. The highest BCUT2D eigenvalue weighted by atomic mass is 32.1. The lowest BCUT2D eigenvalue weighted by atomic mass is 10.1. The number of hydrogen-bond donors (Lipinski definition) is 1. The SMILES string of the molecule is COc1ccc(C)c2sc(N(CC[NH+](C)C)C(=O)c3ccc(C)cc3)nc12. The third kappa shape index (κ3) is 4.12. The molecule has 0 spiro atoms. The molecular weight excluding hydrogens is 358 g/mol. The van der Waals surface area contributed by atoms with Gasteiger partial charge in [0.15, 0.2) is 5.13 Å². The molecule has 5 nitrogen and oxygen atoms in total. The number of nitrogens with zero attached hydrogens (tertiary/aromatic N) is 2. The van der Waals surface area contributed by atoms with E-state index >= 15 is 0 Å². The summed E-state index contributed by atoms with van der Waals surface area (Å²) in [5.74, 6) is 0.714. The number of aromatic nitrogens is 1. The fourth-order valence-electron chi connectivity index (χ4n) is 2.85. The monoisotopic (exact) mass is 384 g/mol. The number of rotatable bonds is 6. The molecule has 3 rings (SSSR count). The lowest BCUT2D eigenvalue weighted by molar-refractivity contribution is -0.856. The number of quaternary nitrogens is 1. The van der Waals surface area contributed by atoms with E-state index in [1.54, 1.807) is 23.3 Å². The highest BCUT2D eigenvalue weighted by Crippen LogP contribution is 2.36. The number of hydrogen-bond acceptors (Lipinski definition) is 4. The van der Waals surface area contributed by atoms with E-state index in [0.29, 0.717) is 17.2 Å². The van der Waals surface area contributed by atoms with Crippen molar-refractivity contribution >= 4 is 32.6 Å². The summed E-state index contributed by atoms with van der Waals surface area (Å²) in [6, 6.07) is 11.7. The number of methoxy groups -OCH3 is 1. The Morgan fingerprint density at radius 2 is 1.85 bits per heavy atom. The van der Waals surface area contributed by atoms with Crippen LogP contribution in [0.2, 0.25) is 0 Å². The van der Waals surface area contributed by atoms with Crippen molar-refractivity contribution < 1.29 is 14.4 Å². The van der Waals surface area contributed by atoms with Crippen LogP contribution < -0.4 is 14.5 Å². The van der Waals surface area contributed by atoms with Gasteiger partial charge in [-0.15, -0.1) is 0 Å². The van der Waals surface area contributed by atoms with Gasteiger partial charge in [-0.05, 0) is 37.6 Å². The number of nitrogens with one attached hydrogen (secondary N) is 1. The first-order chi connectivity index (χ1) is 12.9. The number of aryl methyl sites for hydroxylation is 2. The highest BCUT2D eigenvalue weighted by molar-refractivity contribution is 7.22. The Balaban J connectivity index is 2.05. The molecule has 0 radical (unpaired) electrons. The first-order valence-electron chi connectivity index (χ1n) is 9.02. The minimum atomic E-state index is -0.0214. The van der Waals surface area contributed by atoms with Crippen molar-refractivity contribution in [2.24, 2.45) is 0 Å². The number of likely N-dealkylation sites (N-methyl/N-ethyl adjacent to an activating group) is 1. The molecule has 0 aliphatic rings. The van der Waals surface area contributed by atoms with E-state index in [4.69, 9.17) is 9.72 Å². The number of carbonyl (C=O) groups excluding carboxylic acids is 1. The van der Waals surface area contributed by atoms with Crippen LogP contribution in [-0.4, -0.2) is 45.2 Å². The number of thiazole rings is 1. The Kier molecular flexibility index (Phi) is 5.77. The summed E-state index contributed by atoms with van der Waals surface area (Å²) in [6.45, 7) is 5.52. The summed E-state index contributed by atoms with van der Waals surface area (Å²) < 4.78 is 6.53. The van der Waals surface area contributed by atoms with E-state index in [1.807, 2.05) is 43.3 Å². The van der Waals surface area contributed by atoms with Gasteiger partial charge in [-0.25, -0.2) is 4.98 Å². The molecule has 1 heterocycles. The molecule has 1 amide bonds. The number of amides is 1. The molecule has 2 aromatic carbocycles. The third-order valence-corrected chi connectivity index (χ3v) is 5.74. The standard InChI is InChI=1S/C21H25N3O2S/c1-14-6-9-16(10-7-14)20(25)24(13-12-23(3)4)21-22-18-17(26-5)11-8-15(2)19(18)27-21/h6-11H,12-13H2,1-5H3/p+1. The van der Waals surface area contributed by atoms with Gasteiger partial charge in [-0.3, -0.25) is 9.69 Å². The van der Waals surface area contributed by atoms with Crippen LogP contribution >= 0.6 is 11.3 Å². The number of fused-ring (bicyclic) bond motifs is 1. The Bertz CT molecular complexity index is 948. The predicted molar refractivity (Wildman–Crippen MR) is 111 cm³/mol. The Hall–Kier alpha value is -2.44. The first kappa shape index (κ1) is 19.3. The van der Waals surface area contributed by atoms with E-state index in [2.05, 4.69) is 21.0 Å². The van der Waals surface area contributed by atoms with E-state index in [0.717, 1.165) is 33.6 Å². The molecule has 0 fully saturated rings. The molecule has 142 valence electrons. The molecular formula is C21H26N3O2S+. The van der Waals surface area contributed by atoms with Crippen molar-refractivity contribution in [2.45, 2.75) is 13.8 Å². The largest absolute Gasteiger partial charge is 0.494 e. The summed E-state index contributed by atoms with van der Waals surface area (Å²) in [5.41, 5.74) is 3.76. The molecule has 0 unspecified atom stereocenters. The van der Waals surface area contributed by atoms with Gasteiger partial charge in [-0.2, -0.15) is 0 Å². The second kappa shape index (κ2) is 8.06. The van der Waals surface area contributed by atoms with Crippen LogP contribution in [0.4, 0.5) is 5.13 Å². The topological polar surface area (TPSA) is 46.9 Å². The summed E-state index contributed by atoms with van der Waals surface area (Å²) in [7, 11) is 5.81. The minimum absolute atomic E-state index is 0.0214. The molecule has 3 aromatic rings. The van der Waals surface area contributed by atoms with Crippen molar-refractivity contribution in [1.82, 2.24) is 4.98 Å². The summed E-state index contributed by atoms with van der Waals surface area (Å²) in [4.78, 5) is 21.1. The van der Waals surface area contributed by atoms with E-state index < -0.39 is 0 Å². The molecule has 27 heavy (non-hydrogen) atoms. The van der Waals surface area contributed by atoms with Crippen LogP contribution in [0.3, 0.4) is 0 Å². The predicted octanol–water partition coefficient (Wildman–Crippen LogP) is 2.71. The maximum atomic E-state index is 13.2. The average Bonchev–Trinajstić information content (AvgIpc) is 3.08. The van der Waals surface area contributed by atoms with Crippen molar-refractivity contribution in [1.29, 1.82) is 0 Å². The third-order valence-electron chi connectivity index (χ3n) is 4.52. The van der Waals surface area contributed by atoms with Gasteiger partial charge in [0.05, 0.1) is 39.0 Å². The summed E-state index contributed by atoms with van der Waals surface area (Å²) in [6.07, 6.45) is 0. The van der Waals surface area contributed by atoms with Crippen LogP contribution in [0.15, 0.2) is 36.4 Å². The minimum Gasteiger partial charge on any atom is -0.494 e. The van der Waals surface area contributed by atoms with Gasteiger partial charge >= 0.3 is 0 Å². The van der Waals surface area contributed by atoms with E-state index in [-0.39, 0.29) is 5.91 Å². The molecule has 0 atom stereocenters. The maximum absolute atomic E-state index is 13.2. The quantitative estimate of drug-likeness (QED) is 0.711. The second-order valence-electron chi connectivity index (χ2n) is 7.04. The van der Waals surface area contributed by atoms with Gasteiger partial charge in [0, 0.05) is 5.56 Å². The second-order valence-corrected chi connectivity index (χ2v) is 8.02. The van der Waals surface area contributed by atoms with Gasteiger partial charge in [0.25, 0.3) is 5.91 Å². The van der Waals surface area contributed by atoms with Crippen molar-refractivity contribution in [2.75, 3.05) is 39.2 Å². The van der Waals surface area contributed by atoms with E-state index in [1.165, 1.54) is 4.90 Å². The molecule has 0 aliphatic heterocycles. The zero-order valence-corrected chi connectivity index (χ0v) is 17.3. The maximum Gasteiger partial charge on any atom is 0.260 e. The summed E-state index contributed by atoms with van der Waals surface area (Å²) in [5, 5.41) is 0.712. The summed E-state index contributed by atoms with van der Waals surface area (Å²) >= 11 is 1.54. The highest BCUT2D eigenvalue weighted by Gasteiger charge is 2.23. The van der Waals surface area contributed by atoms with Crippen molar-refractivity contribution in [3.05, 3.63) is 53.1 Å². The van der Waals surface area contributed by atoms with Crippen molar-refractivity contribution in [3.8, 4) is 5.75 Å². The zero-order chi connectivity index (χ0) is 19.6. The number of carbonyl (C=O) groups is 1. The van der Waals surface area contributed by atoms with Crippen LogP contribution in [0, 0.1) is 13.8 Å².